The molecule has 0 spiro atoms. The first-order valence-corrected chi connectivity index (χ1v) is 10.3. The highest BCUT2D eigenvalue weighted by Gasteiger charge is 2.19. The van der Waals surface area contributed by atoms with Crippen molar-refractivity contribution in [3.8, 4) is 0 Å². The summed E-state index contributed by atoms with van der Waals surface area (Å²) in [6.07, 6.45) is 2.83. The van der Waals surface area contributed by atoms with Crippen LogP contribution in [0.25, 0.3) is 0 Å². The molecule has 0 aromatic heterocycles. The van der Waals surface area contributed by atoms with Crippen LogP contribution >= 0.6 is 17.0 Å². The average Bonchev–Trinajstić information content (AvgIpc) is 2.24. The molecule has 0 saturated carbocycles. The van der Waals surface area contributed by atoms with Crippen LogP contribution in [0.3, 0.4) is 0 Å². The van der Waals surface area contributed by atoms with E-state index in [0.29, 0.717) is 17.8 Å². The number of hydrogen-bond donors (Lipinski definition) is 1. The number of nitrogens with one attached hydrogen (secondary N) is 1. The molecule has 0 aromatic carbocycles. The summed E-state index contributed by atoms with van der Waals surface area (Å²) in [4.78, 5) is 4.30. The molecule has 0 bridgehead atoms. The van der Waals surface area contributed by atoms with Gasteiger partial charge in [-0.2, -0.15) is 0 Å². The van der Waals surface area contributed by atoms with Crippen LogP contribution in [-0.4, -0.2) is 24.7 Å². The van der Waals surface area contributed by atoms with Crippen molar-refractivity contribution < 1.29 is 4.52 Å². The Balaban J connectivity index is 4.30. The van der Waals surface area contributed by atoms with Crippen molar-refractivity contribution in [1.82, 2.24) is 5.09 Å². The van der Waals surface area contributed by atoms with Gasteiger partial charge in [0.1, 0.15) is 0 Å². The molecular formula is C11H25N2OPS2. The van der Waals surface area contributed by atoms with Gasteiger partial charge in [0.2, 0.25) is 5.62 Å². The summed E-state index contributed by atoms with van der Waals surface area (Å²) in [6, 6.07) is 0. The van der Waals surface area contributed by atoms with Gasteiger partial charge in [-0.05, 0) is 31.1 Å². The molecule has 6 heteroatoms. The van der Waals surface area contributed by atoms with E-state index in [-0.39, 0.29) is 0 Å². The normalized spacial score (nSPS) is 17.3. The number of rotatable bonds is 9. The highest BCUT2D eigenvalue weighted by Crippen LogP contribution is 2.58. The predicted molar refractivity (Wildman–Crippen MR) is 84.6 cm³/mol. The Morgan fingerprint density at radius 3 is 2.53 bits per heavy atom. The molecule has 17 heavy (non-hydrogen) atoms. The lowest BCUT2D eigenvalue weighted by atomic mass is 10.2. The highest BCUT2D eigenvalue weighted by molar-refractivity contribution is 8.69. The number of aliphatic imine (C=N–C) groups is 1. The van der Waals surface area contributed by atoms with E-state index in [1.165, 1.54) is 0 Å². The van der Waals surface area contributed by atoms with Crippen LogP contribution in [0.2, 0.25) is 0 Å². The molecular weight excluding hydrogens is 271 g/mol. The Bertz CT molecular complexity index is 272. The Morgan fingerprint density at radius 1 is 1.41 bits per heavy atom. The first kappa shape index (κ1) is 17.4. The molecule has 0 radical (unpaired) electrons. The van der Waals surface area contributed by atoms with Gasteiger partial charge >= 0.3 is 0 Å². The zero-order valence-electron chi connectivity index (χ0n) is 11.5. The molecule has 0 rings (SSSR count). The molecule has 2 atom stereocenters. The summed E-state index contributed by atoms with van der Waals surface area (Å²) in [6.45, 7) is 12.1. The Kier molecular flexibility index (Phi) is 9.61. The van der Waals surface area contributed by atoms with Crippen LogP contribution in [0.4, 0.5) is 0 Å². The van der Waals surface area contributed by atoms with Crippen LogP contribution < -0.4 is 5.09 Å². The molecule has 102 valence electrons. The van der Waals surface area contributed by atoms with Gasteiger partial charge in [-0.15, -0.1) is 0 Å². The zero-order valence-corrected chi connectivity index (χ0v) is 14.0. The first-order chi connectivity index (χ1) is 7.93. The fourth-order valence-electron chi connectivity index (χ4n) is 0.955. The minimum absolute atomic E-state index is 0.512. The highest BCUT2D eigenvalue weighted by atomic mass is 32.9. The van der Waals surface area contributed by atoms with E-state index in [9.17, 15) is 0 Å². The quantitative estimate of drug-likeness (QED) is 0.395. The molecule has 0 heterocycles. The second-order valence-electron chi connectivity index (χ2n) is 4.26. The lowest BCUT2D eigenvalue weighted by Crippen LogP contribution is -2.11. The van der Waals surface area contributed by atoms with Crippen LogP contribution in [0.15, 0.2) is 4.99 Å². The molecule has 0 aliphatic rings. The fraction of sp³-hybridized carbons (Fsp3) is 0.909. The maximum Gasteiger partial charge on any atom is 0.211 e. The van der Waals surface area contributed by atoms with E-state index in [0.717, 1.165) is 13.0 Å². The molecule has 0 fully saturated rings. The molecule has 0 aromatic rings. The van der Waals surface area contributed by atoms with Gasteiger partial charge in [-0.1, -0.05) is 39.1 Å². The molecule has 0 amide bonds. The minimum atomic E-state index is -2.00. The number of hydrogen-bond acceptors (Lipinski definition) is 4. The van der Waals surface area contributed by atoms with E-state index in [2.05, 4.69) is 37.8 Å². The summed E-state index contributed by atoms with van der Waals surface area (Å²) in [7, 11) is 0. The monoisotopic (exact) mass is 296 g/mol. The van der Waals surface area contributed by atoms with Gasteiger partial charge in [0.15, 0.2) is 0 Å². The van der Waals surface area contributed by atoms with Gasteiger partial charge in [-0.3, -0.25) is 4.99 Å². The van der Waals surface area contributed by atoms with Gasteiger partial charge in [0.25, 0.3) is 0 Å². The smallest absolute Gasteiger partial charge is 0.211 e. The lowest BCUT2D eigenvalue weighted by molar-refractivity contribution is 0.383. The Morgan fingerprint density at radius 2 is 2.06 bits per heavy atom. The Labute approximate surface area is 115 Å². The molecule has 0 aliphatic heterocycles. The van der Waals surface area contributed by atoms with Gasteiger partial charge in [0.05, 0.1) is 12.9 Å². The largest absolute Gasteiger partial charge is 0.327 e. The minimum Gasteiger partial charge on any atom is -0.327 e. The van der Waals surface area contributed by atoms with Gasteiger partial charge in [-0.25, -0.2) is 0 Å². The number of nitrogens with zero attached hydrogens (tertiary/aromatic N) is 1. The van der Waals surface area contributed by atoms with Crippen molar-refractivity contribution in [2.75, 3.05) is 13.2 Å². The molecule has 3 nitrogen and oxygen atoms in total. The van der Waals surface area contributed by atoms with E-state index in [4.69, 9.17) is 16.3 Å². The van der Waals surface area contributed by atoms with Crippen LogP contribution in [-0.2, 0) is 16.3 Å². The summed E-state index contributed by atoms with van der Waals surface area (Å²) < 4.78 is 5.70. The topological polar surface area (TPSA) is 33.6 Å². The summed E-state index contributed by atoms with van der Waals surface area (Å²) in [5.74, 6) is 0.570. The molecule has 0 saturated heterocycles. The van der Waals surface area contributed by atoms with Crippen molar-refractivity contribution >= 4 is 35.1 Å². The zero-order chi connectivity index (χ0) is 13.3. The van der Waals surface area contributed by atoms with Crippen molar-refractivity contribution in [2.45, 2.75) is 46.3 Å². The van der Waals surface area contributed by atoms with E-state index in [1.54, 1.807) is 17.7 Å². The van der Waals surface area contributed by atoms with E-state index in [1.807, 2.05) is 6.92 Å². The average molecular weight is 296 g/mol. The van der Waals surface area contributed by atoms with Crippen molar-refractivity contribution in [2.24, 2.45) is 10.9 Å². The van der Waals surface area contributed by atoms with Gasteiger partial charge in [0, 0.05) is 11.8 Å². The summed E-state index contributed by atoms with van der Waals surface area (Å²) in [5.41, 5.74) is -2.00. The van der Waals surface area contributed by atoms with Crippen molar-refractivity contribution in [1.29, 1.82) is 0 Å². The van der Waals surface area contributed by atoms with Crippen molar-refractivity contribution in [3.63, 3.8) is 0 Å². The SMILES string of the molecule is CCOP(=S)(NC=NCC(C)C)SC(C)CC. The van der Waals surface area contributed by atoms with Crippen LogP contribution in [0.1, 0.15) is 41.0 Å². The molecule has 1 N–H and O–H groups in total. The van der Waals surface area contributed by atoms with Crippen LogP contribution in [0.5, 0.6) is 0 Å². The maximum atomic E-state index is 5.70. The third kappa shape index (κ3) is 9.06. The second-order valence-corrected chi connectivity index (χ2v) is 11.2. The fourth-order valence-corrected chi connectivity index (χ4v) is 6.81. The summed E-state index contributed by atoms with van der Waals surface area (Å²) in [5, 5.41) is 3.71. The molecule has 2 unspecified atom stereocenters. The first-order valence-electron chi connectivity index (χ1n) is 6.12. The van der Waals surface area contributed by atoms with E-state index >= 15 is 0 Å². The van der Waals surface area contributed by atoms with Gasteiger partial charge < -0.3 is 9.61 Å². The predicted octanol–water partition coefficient (Wildman–Crippen LogP) is 4.05. The summed E-state index contributed by atoms with van der Waals surface area (Å²) >= 11 is 7.30. The Hall–Kier alpha value is 0.430. The van der Waals surface area contributed by atoms with E-state index < -0.39 is 5.62 Å². The second kappa shape index (κ2) is 9.37. The van der Waals surface area contributed by atoms with Crippen molar-refractivity contribution in [3.05, 3.63) is 0 Å². The third-order valence-corrected chi connectivity index (χ3v) is 7.92. The molecule has 0 aliphatic carbocycles. The standard InChI is InChI=1S/C11H25N2OPS2/c1-6-11(5)17-15(16,14-7-2)13-9-12-8-10(3)4/h9-11H,6-8H2,1-5H3,(H,12,13,16). The lowest BCUT2D eigenvalue weighted by Gasteiger charge is -2.23. The maximum absolute atomic E-state index is 5.70. The third-order valence-electron chi connectivity index (χ3n) is 1.97. The van der Waals surface area contributed by atoms with Crippen LogP contribution in [0, 0.1) is 5.92 Å².